The highest BCUT2D eigenvalue weighted by atomic mass is 16.2. The summed E-state index contributed by atoms with van der Waals surface area (Å²) in [5, 5.41) is 6.27. The first-order chi connectivity index (χ1) is 15.6. The third kappa shape index (κ3) is 6.12. The Balaban J connectivity index is 1.76. The molecule has 0 aliphatic carbocycles. The summed E-state index contributed by atoms with van der Waals surface area (Å²) < 4.78 is 0. The highest BCUT2D eigenvalue weighted by Crippen LogP contribution is 2.26. The smallest absolute Gasteiger partial charge is 0.255 e. The van der Waals surface area contributed by atoms with Crippen LogP contribution in [0.15, 0.2) is 42.5 Å². The van der Waals surface area contributed by atoms with Crippen molar-refractivity contribution < 1.29 is 14.4 Å². The van der Waals surface area contributed by atoms with Gasteiger partial charge in [0.05, 0.1) is 5.56 Å². The number of carbonyl (C=O) groups excluding carboxylic acids is 3. The van der Waals surface area contributed by atoms with Crippen molar-refractivity contribution in [1.29, 1.82) is 0 Å². The van der Waals surface area contributed by atoms with E-state index in [-0.39, 0.29) is 23.3 Å². The molecule has 1 atom stereocenters. The lowest BCUT2D eigenvalue weighted by Crippen LogP contribution is -2.45. The molecule has 0 spiro atoms. The lowest BCUT2D eigenvalue weighted by Gasteiger charge is -2.34. The normalized spacial score (nSPS) is 16.2. The average molecular weight is 451 g/mol. The van der Waals surface area contributed by atoms with Crippen molar-refractivity contribution in [2.75, 3.05) is 23.7 Å². The van der Waals surface area contributed by atoms with Gasteiger partial charge in [-0.2, -0.15) is 0 Å². The van der Waals surface area contributed by atoms with Crippen molar-refractivity contribution in [3.63, 3.8) is 0 Å². The molecule has 0 bridgehead atoms. The molecule has 1 aliphatic rings. The number of rotatable bonds is 6. The van der Waals surface area contributed by atoms with E-state index in [1.165, 1.54) is 0 Å². The van der Waals surface area contributed by atoms with Crippen molar-refractivity contribution in [3.05, 3.63) is 59.2 Å². The molecule has 33 heavy (non-hydrogen) atoms. The van der Waals surface area contributed by atoms with Crippen LogP contribution >= 0.6 is 0 Å². The summed E-state index contributed by atoms with van der Waals surface area (Å²) in [6, 6.07) is 12.6. The van der Waals surface area contributed by atoms with Crippen molar-refractivity contribution in [2.45, 2.75) is 58.4 Å². The Morgan fingerprint density at radius 1 is 1.09 bits per heavy atom. The van der Waals surface area contributed by atoms with Crippen LogP contribution in [0, 0.1) is 0 Å². The van der Waals surface area contributed by atoms with Crippen molar-refractivity contribution >= 4 is 29.1 Å². The number of nitrogens with one attached hydrogen (secondary N) is 2. The predicted octanol–water partition coefficient (Wildman–Crippen LogP) is 4.15. The van der Waals surface area contributed by atoms with Gasteiger partial charge in [0.15, 0.2) is 0 Å². The van der Waals surface area contributed by atoms with Crippen LogP contribution in [0.1, 0.15) is 73.2 Å². The first-order valence-corrected chi connectivity index (χ1v) is 11.5. The summed E-state index contributed by atoms with van der Waals surface area (Å²) in [6.07, 6.45) is 2.23. The number of piperidine rings is 1. The van der Waals surface area contributed by atoms with Gasteiger partial charge >= 0.3 is 0 Å². The standard InChI is InChI=1S/C26H34N4O3/c1-5-23(31)30-14-6-7-20(16-30)28-22-15-19(12-13-21(22)24(27)32)29-25(33)17-8-10-18(11-9-17)26(2,3)4/h8-13,15,20,28H,5-7,14,16H2,1-4H3,(H2,27,32)(H,29,33). The highest BCUT2D eigenvalue weighted by molar-refractivity contribution is 6.05. The largest absolute Gasteiger partial charge is 0.380 e. The van der Waals surface area contributed by atoms with Gasteiger partial charge in [-0.1, -0.05) is 39.8 Å². The summed E-state index contributed by atoms with van der Waals surface area (Å²) in [5.74, 6) is -0.661. The molecule has 4 N–H and O–H groups in total. The molecule has 1 saturated heterocycles. The fourth-order valence-corrected chi connectivity index (χ4v) is 4.05. The summed E-state index contributed by atoms with van der Waals surface area (Å²) in [7, 11) is 0. The van der Waals surface area contributed by atoms with Crippen LogP contribution in [0.5, 0.6) is 0 Å². The predicted molar refractivity (Wildman–Crippen MR) is 132 cm³/mol. The number of nitrogens with two attached hydrogens (primary N) is 1. The van der Waals surface area contributed by atoms with Crippen molar-refractivity contribution in [2.24, 2.45) is 5.73 Å². The number of benzene rings is 2. The van der Waals surface area contributed by atoms with Crippen LogP contribution < -0.4 is 16.4 Å². The van der Waals surface area contributed by atoms with Gasteiger partial charge in [0, 0.05) is 42.5 Å². The molecule has 0 radical (unpaired) electrons. The van der Waals surface area contributed by atoms with Gasteiger partial charge in [-0.05, 0) is 54.2 Å². The Bertz CT molecular complexity index is 1020. The maximum atomic E-state index is 12.8. The monoisotopic (exact) mass is 450 g/mol. The van der Waals surface area contributed by atoms with E-state index in [2.05, 4.69) is 31.4 Å². The van der Waals surface area contributed by atoms with E-state index in [0.717, 1.165) is 24.9 Å². The lowest BCUT2D eigenvalue weighted by atomic mass is 9.87. The van der Waals surface area contributed by atoms with Gasteiger partial charge in [-0.15, -0.1) is 0 Å². The number of hydrogen-bond donors (Lipinski definition) is 3. The number of carbonyl (C=O) groups is 3. The Hall–Kier alpha value is -3.35. The van der Waals surface area contributed by atoms with Gasteiger partial charge in [0.1, 0.15) is 0 Å². The van der Waals surface area contributed by atoms with E-state index < -0.39 is 5.91 Å². The number of primary amides is 1. The highest BCUT2D eigenvalue weighted by Gasteiger charge is 2.24. The summed E-state index contributed by atoms with van der Waals surface area (Å²) in [5.41, 5.74) is 8.76. The van der Waals surface area contributed by atoms with Gasteiger partial charge in [0.25, 0.3) is 11.8 Å². The summed E-state index contributed by atoms with van der Waals surface area (Å²) >= 11 is 0. The molecule has 2 aromatic rings. The molecule has 1 heterocycles. The molecule has 1 aliphatic heterocycles. The summed E-state index contributed by atoms with van der Waals surface area (Å²) in [6.45, 7) is 9.55. The molecular formula is C26H34N4O3. The Morgan fingerprint density at radius 2 is 1.79 bits per heavy atom. The zero-order valence-electron chi connectivity index (χ0n) is 19.9. The third-order valence-corrected chi connectivity index (χ3v) is 5.99. The molecule has 1 fully saturated rings. The zero-order chi connectivity index (χ0) is 24.2. The molecule has 1 unspecified atom stereocenters. The molecule has 7 nitrogen and oxygen atoms in total. The Morgan fingerprint density at radius 3 is 2.39 bits per heavy atom. The first kappa shape index (κ1) is 24.3. The topological polar surface area (TPSA) is 105 Å². The fourth-order valence-electron chi connectivity index (χ4n) is 4.05. The average Bonchev–Trinajstić information content (AvgIpc) is 2.78. The fraction of sp³-hybridized carbons (Fsp3) is 0.423. The molecule has 7 heteroatoms. The Labute approximate surface area is 195 Å². The number of hydrogen-bond acceptors (Lipinski definition) is 4. The van der Waals surface area contributed by atoms with E-state index in [1.807, 2.05) is 36.1 Å². The van der Waals surface area contributed by atoms with Gasteiger partial charge < -0.3 is 21.3 Å². The maximum Gasteiger partial charge on any atom is 0.255 e. The van der Waals surface area contributed by atoms with Crippen LogP contribution in [0.3, 0.4) is 0 Å². The SMILES string of the molecule is CCC(=O)N1CCCC(Nc2cc(NC(=O)c3ccc(C(C)(C)C)cc3)ccc2C(N)=O)C1. The number of amides is 3. The van der Waals surface area contributed by atoms with Crippen molar-refractivity contribution in [3.8, 4) is 0 Å². The maximum absolute atomic E-state index is 12.8. The van der Waals surface area contributed by atoms with E-state index in [0.29, 0.717) is 35.5 Å². The van der Waals surface area contributed by atoms with E-state index >= 15 is 0 Å². The molecular weight excluding hydrogens is 416 g/mol. The minimum Gasteiger partial charge on any atom is -0.380 e. The van der Waals surface area contributed by atoms with E-state index in [9.17, 15) is 14.4 Å². The number of nitrogens with zero attached hydrogens (tertiary/aromatic N) is 1. The van der Waals surface area contributed by atoms with E-state index in [1.54, 1.807) is 18.2 Å². The minimum absolute atomic E-state index is 0.00300. The van der Waals surface area contributed by atoms with Crippen LogP contribution in [0.25, 0.3) is 0 Å². The molecule has 3 rings (SSSR count). The summed E-state index contributed by atoms with van der Waals surface area (Å²) in [4.78, 5) is 38.7. The first-order valence-electron chi connectivity index (χ1n) is 11.5. The van der Waals surface area contributed by atoms with Gasteiger partial charge in [0.2, 0.25) is 5.91 Å². The quantitative estimate of drug-likeness (QED) is 0.615. The second-order valence-electron chi connectivity index (χ2n) is 9.58. The molecule has 0 saturated carbocycles. The van der Waals surface area contributed by atoms with Crippen LogP contribution in [-0.2, 0) is 10.2 Å². The minimum atomic E-state index is -0.551. The van der Waals surface area contributed by atoms with E-state index in [4.69, 9.17) is 5.73 Å². The third-order valence-electron chi connectivity index (χ3n) is 5.99. The molecule has 2 aromatic carbocycles. The number of likely N-dealkylation sites (tertiary alicyclic amines) is 1. The van der Waals surface area contributed by atoms with Crippen molar-refractivity contribution in [1.82, 2.24) is 4.90 Å². The molecule has 176 valence electrons. The zero-order valence-corrected chi connectivity index (χ0v) is 19.9. The second kappa shape index (κ2) is 10.1. The van der Waals surface area contributed by atoms with Gasteiger partial charge in [-0.25, -0.2) is 0 Å². The van der Waals surface area contributed by atoms with Crippen LogP contribution in [-0.4, -0.2) is 41.8 Å². The molecule has 0 aromatic heterocycles. The second-order valence-corrected chi connectivity index (χ2v) is 9.58. The number of anilines is 2. The van der Waals surface area contributed by atoms with Gasteiger partial charge in [-0.3, -0.25) is 14.4 Å². The lowest BCUT2D eigenvalue weighted by molar-refractivity contribution is -0.131. The Kier molecular flexibility index (Phi) is 7.41. The molecule has 3 amide bonds. The van der Waals surface area contributed by atoms with Crippen LogP contribution in [0.2, 0.25) is 0 Å². The van der Waals surface area contributed by atoms with Crippen LogP contribution in [0.4, 0.5) is 11.4 Å².